The van der Waals surface area contributed by atoms with Crippen LogP contribution in [0.5, 0.6) is 0 Å². The monoisotopic (exact) mass is 512 g/mol. The van der Waals surface area contributed by atoms with Crippen molar-refractivity contribution in [3.05, 3.63) is 0 Å². The fourth-order valence-corrected chi connectivity index (χ4v) is 3.31. The first-order chi connectivity index (χ1) is 13.0. The van der Waals surface area contributed by atoms with E-state index in [1.807, 2.05) is 0 Å². The predicted octanol–water partition coefficient (Wildman–Crippen LogP) is 6.15. The van der Waals surface area contributed by atoms with E-state index in [2.05, 4.69) is 0 Å². The Balaban J connectivity index is 3.31. The number of hydrogen-bond donors (Lipinski definition) is 0. The first-order valence-corrected chi connectivity index (χ1v) is 6.78. The second kappa shape index (κ2) is 5.22. The van der Waals surface area contributed by atoms with Crippen LogP contribution in [0.1, 0.15) is 0 Å². The van der Waals surface area contributed by atoms with E-state index >= 15 is 0 Å². The first kappa shape index (κ1) is 25.9. The quantitative estimate of drug-likeness (QED) is 0.342. The molecule has 2 aliphatic rings. The van der Waals surface area contributed by atoms with Gasteiger partial charge in [0.05, 0.1) is 0 Å². The molecule has 0 spiro atoms. The Labute approximate surface area is 154 Å². The highest BCUT2D eigenvalue weighted by Crippen LogP contribution is 2.82. The molecule has 2 saturated carbocycles. The average Bonchev–Trinajstić information content (AvgIpc) is 2.54. The second-order valence-electron chi connectivity index (χ2n) is 6.49. The summed E-state index contributed by atoms with van der Waals surface area (Å²) < 4.78 is 270. The van der Waals surface area contributed by atoms with Crippen LogP contribution in [0, 0.1) is 0 Å². The second-order valence-corrected chi connectivity index (χ2v) is 6.49. The summed E-state index contributed by atoms with van der Waals surface area (Å²) in [4.78, 5) is 0. The van der Waals surface area contributed by atoms with Crippen LogP contribution in [0.2, 0.25) is 0 Å². The van der Waals surface area contributed by atoms with Crippen LogP contribution in [-0.2, 0) is 0 Å². The van der Waals surface area contributed by atoms with E-state index in [0.717, 1.165) is 0 Å². The lowest BCUT2D eigenvalue weighted by molar-refractivity contribution is -0.563. The van der Waals surface area contributed by atoms with Crippen molar-refractivity contribution in [1.82, 2.24) is 0 Å². The third-order valence-corrected chi connectivity index (χ3v) is 5.04. The zero-order valence-electron chi connectivity index (χ0n) is 13.1. The van der Waals surface area contributed by atoms with Crippen molar-refractivity contribution in [2.24, 2.45) is 0 Å². The molecule has 0 amide bonds. The van der Waals surface area contributed by atoms with E-state index in [0.29, 0.717) is 0 Å². The molecule has 0 bridgehead atoms. The van der Waals surface area contributed by atoms with E-state index in [-0.39, 0.29) is 0 Å². The topological polar surface area (TPSA) is 0 Å². The van der Waals surface area contributed by atoms with Crippen LogP contribution >= 0.6 is 0 Å². The molecule has 0 radical (unpaired) electrons. The standard InChI is InChI=1S/C11F20/c12-1-2(13,7(21,22)10(27,28)9(25,26)6(1,19)20)5(17,18)8(23,24)3(14,4(1,15)16)11(29,30)31/t1-,2-,3+/m0/s1. The summed E-state index contributed by atoms with van der Waals surface area (Å²) in [6, 6.07) is 0. The summed E-state index contributed by atoms with van der Waals surface area (Å²) >= 11 is 0. The number of rotatable bonds is 0. The van der Waals surface area contributed by atoms with E-state index in [4.69, 9.17) is 0 Å². The third kappa shape index (κ3) is 1.78. The minimum Gasteiger partial charge on any atom is -0.226 e. The Kier molecular flexibility index (Phi) is 4.35. The Hall–Kier alpha value is -1.40. The minimum atomic E-state index is -9.03. The molecule has 31 heavy (non-hydrogen) atoms. The molecule has 0 nitrogen and oxygen atoms in total. The summed E-state index contributed by atoms with van der Waals surface area (Å²) in [6.07, 6.45) is -8.38. The first-order valence-electron chi connectivity index (χ1n) is 6.78. The Bertz CT molecular complexity index is 789. The molecule has 2 rings (SSSR count). The molecule has 184 valence electrons. The molecule has 0 aliphatic heterocycles. The van der Waals surface area contributed by atoms with Gasteiger partial charge in [0, 0.05) is 0 Å². The van der Waals surface area contributed by atoms with Crippen molar-refractivity contribution in [1.29, 1.82) is 0 Å². The summed E-state index contributed by atoms with van der Waals surface area (Å²) in [5, 5.41) is 0. The fraction of sp³-hybridized carbons (Fsp3) is 1.00. The van der Waals surface area contributed by atoms with Crippen LogP contribution < -0.4 is 0 Å². The van der Waals surface area contributed by atoms with Crippen LogP contribution in [0.25, 0.3) is 0 Å². The van der Waals surface area contributed by atoms with E-state index in [1.165, 1.54) is 0 Å². The molecular formula is C11F20. The van der Waals surface area contributed by atoms with E-state index < -0.39 is 64.6 Å². The molecule has 3 atom stereocenters. The maximum atomic E-state index is 14.4. The van der Waals surface area contributed by atoms with Gasteiger partial charge in [-0.25, -0.2) is 13.2 Å². The lowest BCUT2D eigenvalue weighted by atomic mass is 9.52. The Morgan fingerprint density at radius 3 is 0.774 bits per heavy atom. The number of alkyl halides is 20. The SMILES string of the molecule is FC1(F)C(F)(F)C(F)(F)[C@@]2(F)C(F)(F)[C@](F)(C(F)(F)F)C(F)(F)C(F)(F)[C@]2(F)C1(F)F. The number of halogens is 20. The minimum absolute atomic E-state index is 8.38. The van der Waals surface area contributed by atoms with Gasteiger partial charge in [0.15, 0.2) is 0 Å². The van der Waals surface area contributed by atoms with Crippen LogP contribution in [0.4, 0.5) is 87.8 Å². The number of hydrogen-bond acceptors (Lipinski definition) is 0. The molecule has 0 aromatic rings. The van der Waals surface area contributed by atoms with Crippen LogP contribution in [0.15, 0.2) is 0 Å². The highest BCUT2D eigenvalue weighted by atomic mass is 19.4. The lowest BCUT2D eigenvalue weighted by Crippen LogP contribution is -3.00. The van der Waals surface area contributed by atoms with Gasteiger partial charge in [-0.1, -0.05) is 0 Å². The molecular weight excluding hydrogens is 512 g/mol. The molecule has 20 heteroatoms. The number of fused-ring (bicyclic) bond motifs is 1. The molecule has 2 aliphatic carbocycles. The van der Waals surface area contributed by atoms with Crippen molar-refractivity contribution < 1.29 is 87.8 Å². The fourth-order valence-electron chi connectivity index (χ4n) is 3.31. The summed E-state index contributed by atoms with van der Waals surface area (Å²) in [7, 11) is 0. The summed E-state index contributed by atoms with van der Waals surface area (Å²) in [5.41, 5.74) is -26.8. The highest BCUT2D eigenvalue weighted by molar-refractivity contribution is 5.44. The normalized spacial score (nSPS) is 43.7. The average molecular weight is 512 g/mol. The molecule has 0 aromatic heterocycles. The molecule has 0 N–H and O–H groups in total. The maximum Gasteiger partial charge on any atom is 0.435 e. The van der Waals surface area contributed by atoms with E-state index in [9.17, 15) is 87.8 Å². The maximum absolute atomic E-state index is 14.4. The van der Waals surface area contributed by atoms with Crippen molar-refractivity contribution in [3.8, 4) is 0 Å². The largest absolute Gasteiger partial charge is 0.435 e. The van der Waals surface area contributed by atoms with Crippen molar-refractivity contribution in [2.75, 3.05) is 0 Å². The van der Waals surface area contributed by atoms with Gasteiger partial charge in [-0.05, 0) is 0 Å². The van der Waals surface area contributed by atoms with Gasteiger partial charge in [0.1, 0.15) is 0 Å². The zero-order chi connectivity index (χ0) is 25.5. The predicted molar refractivity (Wildman–Crippen MR) is 52.2 cm³/mol. The molecule has 2 fully saturated rings. The molecule has 0 heterocycles. The van der Waals surface area contributed by atoms with Crippen molar-refractivity contribution >= 4 is 0 Å². The Morgan fingerprint density at radius 1 is 0.290 bits per heavy atom. The van der Waals surface area contributed by atoms with Gasteiger partial charge in [-0.15, -0.1) is 0 Å². The van der Waals surface area contributed by atoms with Gasteiger partial charge in [-0.2, -0.15) is 74.6 Å². The summed E-state index contributed by atoms with van der Waals surface area (Å²) in [6.45, 7) is 0. The Morgan fingerprint density at radius 2 is 0.516 bits per heavy atom. The van der Waals surface area contributed by atoms with Crippen molar-refractivity contribution in [3.63, 3.8) is 0 Å². The zero-order valence-corrected chi connectivity index (χ0v) is 13.1. The van der Waals surface area contributed by atoms with Gasteiger partial charge >= 0.3 is 53.3 Å². The third-order valence-electron chi connectivity index (χ3n) is 5.04. The smallest absolute Gasteiger partial charge is 0.226 e. The van der Waals surface area contributed by atoms with Gasteiger partial charge < -0.3 is 0 Å². The van der Waals surface area contributed by atoms with E-state index in [1.54, 1.807) is 0 Å². The lowest BCUT2D eigenvalue weighted by Gasteiger charge is -2.64. The summed E-state index contributed by atoms with van der Waals surface area (Å²) in [5.74, 6) is -60.9. The van der Waals surface area contributed by atoms with Gasteiger partial charge in [-0.3, -0.25) is 0 Å². The van der Waals surface area contributed by atoms with Crippen LogP contribution in [-0.4, -0.2) is 64.6 Å². The molecule has 0 saturated heterocycles. The molecule has 0 unspecified atom stereocenters. The van der Waals surface area contributed by atoms with Gasteiger partial charge in [0.2, 0.25) is 0 Å². The van der Waals surface area contributed by atoms with Crippen molar-refractivity contribution in [2.45, 2.75) is 64.6 Å². The molecule has 0 aromatic carbocycles. The van der Waals surface area contributed by atoms with Crippen LogP contribution in [0.3, 0.4) is 0 Å². The van der Waals surface area contributed by atoms with Gasteiger partial charge in [0.25, 0.3) is 11.3 Å². The highest BCUT2D eigenvalue weighted by Gasteiger charge is 3.16.